The zero-order valence-corrected chi connectivity index (χ0v) is 10.8. The van der Waals surface area contributed by atoms with E-state index in [4.69, 9.17) is 5.73 Å². The third kappa shape index (κ3) is 2.08. The van der Waals surface area contributed by atoms with Gasteiger partial charge in [0.25, 0.3) is 0 Å². The van der Waals surface area contributed by atoms with E-state index in [9.17, 15) is 4.39 Å². The lowest BCUT2D eigenvalue weighted by molar-refractivity contribution is 0.628. The summed E-state index contributed by atoms with van der Waals surface area (Å²) in [4.78, 5) is 6.49. The second kappa shape index (κ2) is 4.63. The van der Waals surface area contributed by atoms with E-state index in [0.717, 1.165) is 35.6 Å². The maximum absolute atomic E-state index is 13.4. The number of rotatable bonds is 2. The Morgan fingerprint density at radius 3 is 3.00 bits per heavy atom. The standard InChI is InChI=1S/C15H16FN3/c1-10(17)13-3-2-7-18-15(13)19-8-6-11-4-5-12(16)9-14(11)19/h2-5,7,9-10H,6,8,17H2,1H3/t10-/m1/s1. The highest BCUT2D eigenvalue weighted by Gasteiger charge is 2.24. The van der Waals surface area contributed by atoms with Gasteiger partial charge in [-0.2, -0.15) is 0 Å². The smallest absolute Gasteiger partial charge is 0.137 e. The number of hydrogen-bond acceptors (Lipinski definition) is 3. The predicted molar refractivity (Wildman–Crippen MR) is 73.9 cm³/mol. The van der Waals surface area contributed by atoms with Gasteiger partial charge >= 0.3 is 0 Å². The summed E-state index contributed by atoms with van der Waals surface area (Å²) in [7, 11) is 0. The number of hydrogen-bond donors (Lipinski definition) is 1. The van der Waals surface area contributed by atoms with E-state index in [1.54, 1.807) is 12.3 Å². The van der Waals surface area contributed by atoms with Crippen LogP contribution in [0.25, 0.3) is 0 Å². The van der Waals surface area contributed by atoms with Crippen molar-refractivity contribution in [2.75, 3.05) is 11.4 Å². The first-order valence-electron chi connectivity index (χ1n) is 6.43. The van der Waals surface area contributed by atoms with Gasteiger partial charge in [-0.15, -0.1) is 0 Å². The van der Waals surface area contributed by atoms with E-state index < -0.39 is 0 Å². The minimum atomic E-state index is -0.219. The van der Waals surface area contributed by atoms with Crippen molar-refractivity contribution in [3.63, 3.8) is 0 Å². The quantitative estimate of drug-likeness (QED) is 0.899. The van der Waals surface area contributed by atoms with Crippen LogP contribution in [0.15, 0.2) is 36.5 Å². The molecule has 2 N–H and O–H groups in total. The Morgan fingerprint density at radius 1 is 1.37 bits per heavy atom. The lowest BCUT2D eigenvalue weighted by Crippen LogP contribution is -2.19. The van der Waals surface area contributed by atoms with Gasteiger partial charge in [-0.25, -0.2) is 9.37 Å². The minimum Gasteiger partial charge on any atom is -0.325 e. The summed E-state index contributed by atoms with van der Waals surface area (Å²) in [6, 6.07) is 8.69. The van der Waals surface area contributed by atoms with Crippen molar-refractivity contribution in [3.8, 4) is 0 Å². The molecule has 0 unspecified atom stereocenters. The van der Waals surface area contributed by atoms with Crippen molar-refractivity contribution >= 4 is 11.5 Å². The second-order valence-corrected chi connectivity index (χ2v) is 4.88. The summed E-state index contributed by atoms with van der Waals surface area (Å²) < 4.78 is 13.4. The third-order valence-electron chi connectivity index (χ3n) is 3.51. The van der Waals surface area contributed by atoms with Gasteiger partial charge in [-0.05, 0) is 37.1 Å². The molecule has 3 nitrogen and oxygen atoms in total. The molecular weight excluding hydrogens is 241 g/mol. The summed E-state index contributed by atoms with van der Waals surface area (Å²) in [5.41, 5.74) is 9.04. The van der Waals surface area contributed by atoms with E-state index in [1.165, 1.54) is 6.07 Å². The molecule has 0 amide bonds. The molecule has 0 saturated heterocycles. The van der Waals surface area contributed by atoms with E-state index in [1.807, 2.05) is 25.1 Å². The van der Waals surface area contributed by atoms with E-state index in [-0.39, 0.29) is 11.9 Å². The van der Waals surface area contributed by atoms with Crippen LogP contribution in [0, 0.1) is 5.82 Å². The number of benzene rings is 1. The molecule has 1 aromatic carbocycles. The van der Waals surface area contributed by atoms with Gasteiger partial charge < -0.3 is 10.6 Å². The van der Waals surface area contributed by atoms with Gasteiger partial charge in [0.15, 0.2) is 0 Å². The molecule has 0 aliphatic carbocycles. The topological polar surface area (TPSA) is 42.1 Å². The zero-order valence-electron chi connectivity index (χ0n) is 10.8. The lowest BCUT2D eigenvalue weighted by Gasteiger charge is -2.22. The van der Waals surface area contributed by atoms with Crippen LogP contribution in [0.4, 0.5) is 15.9 Å². The minimum absolute atomic E-state index is 0.0960. The molecule has 0 fully saturated rings. The van der Waals surface area contributed by atoms with E-state index >= 15 is 0 Å². The van der Waals surface area contributed by atoms with E-state index in [2.05, 4.69) is 9.88 Å². The van der Waals surface area contributed by atoms with Crippen LogP contribution < -0.4 is 10.6 Å². The van der Waals surface area contributed by atoms with Gasteiger partial charge in [0.1, 0.15) is 11.6 Å². The first kappa shape index (κ1) is 12.1. The van der Waals surface area contributed by atoms with Gasteiger partial charge in [0.05, 0.1) is 0 Å². The number of pyridine rings is 1. The Kier molecular flexibility index (Phi) is 2.95. The van der Waals surface area contributed by atoms with E-state index in [0.29, 0.717) is 0 Å². The number of nitrogens with zero attached hydrogens (tertiary/aromatic N) is 2. The normalized spacial score (nSPS) is 15.4. The summed E-state index contributed by atoms with van der Waals surface area (Å²) in [6.07, 6.45) is 2.66. The summed E-state index contributed by atoms with van der Waals surface area (Å²) in [5.74, 6) is 0.616. The van der Waals surface area contributed by atoms with Crippen LogP contribution >= 0.6 is 0 Å². The monoisotopic (exact) mass is 257 g/mol. The molecule has 0 radical (unpaired) electrons. The Balaban J connectivity index is 2.09. The molecule has 2 heterocycles. The molecule has 0 spiro atoms. The molecule has 3 rings (SSSR count). The van der Waals surface area contributed by atoms with Crippen LogP contribution in [0.5, 0.6) is 0 Å². The molecule has 19 heavy (non-hydrogen) atoms. The maximum atomic E-state index is 13.4. The number of aromatic nitrogens is 1. The number of fused-ring (bicyclic) bond motifs is 1. The number of halogens is 1. The van der Waals surface area contributed by atoms with Crippen LogP contribution in [0.3, 0.4) is 0 Å². The number of nitrogens with two attached hydrogens (primary N) is 1. The Labute approximate surface area is 111 Å². The van der Waals surface area contributed by atoms with Crippen LogP contribution in [-0.4, -0.2) is 11.5 Å². The SMILES string of the molecule is C[C@@H](N)c1cccnc1N1CCc2ccc(F)cc21. The maximum Gasteiger partial charge on any atom is 0.137 e. The van der Waals surface area contributed by atoms with Crippen molar-refractivity contribution in [3.05, 3.63) is 53.5 Å². The molecule has 98 valence electrons. The fourth-order valence-corrected chi connectivity index (χ4v) is 2.56. The largest absolute Gasteiger partial charge is 0.325 e. The molecular formula is C15H16FN3. The zero-order chi connectivity index (χ0) is 13.4. The summed E-state index contributed by atoms with van der Waals surface area (Å²) in [5, 5.41) is 0. The molecule has 1 aliphatic heterocycles. The molecule has 2 aromatic rings. The van der Waals surface area contributed by atoms with Crippen molar-refractivity contribution in [1.82, 2.24) is 4.98 Å². The van der Waals surface area contributed by atoms with Gasteiger partial charge in [-0.1, -0.05) is 12.1 Å². The molecule has 0 bridgehead atoms. The Bertz CT molecular complexity index is 610. The predicted octanol–water partition coefficient (Wildman–Crippen LogP) is 2.93. The Hall–Kier alpha value is -1.94. The second-order valence-electron chi connectivity index (χ2n) is 4.88. The molecule has 1 aliphatic rings. The average molecular weight is 257 g/mol. The third-order valence-corrected chi connectivity index (χ3v) is 3.51. The van der Waals surface area contributed by atoms with Crippen molar-refractivity contribution < 1.29 is 4.39 Å². The summed E-state index contributed by atoms with van der Waals surface area (Å²) in [6.45, 7) is 2.75. The first-order chi connectivity index (χ1) is 9.16. The van der Waals surface area contributed by atoms with Crippen LogP contribution in [0.2, 0.25) is 0 Å². The van der Waals surface area contributed by atoms with Gasteiger partial charge in [0.2, 0.25) is 0 Å². The van der Waals surface area contributed by atoms with Crippen molar-refractivity contribution in [1.29, 1.82) is 0 Å². The fourth-order valence-electron chi connectivity index (χ4n) is 2.56. The van der Waals surface area contributed by atoms with Crippen LogP contribution in [-0.2, 0) is 6.42 Å². The summed E-state index contributed by atoms with van der Waals surface area (Å²) >= 11 is 0. The number of anilines is 2. The molecule has 0 saturated carbocycles. The van der Waals surface area contributed by atoms with Crippen molar-refractivity contribution in [2.45, 2.75) is 19.4 Å². The highest BCUT2D eigenvalue weighted by molar-refractivity contribution is 5.69. The van der Waals surface area contributed by atoms with Gasteiger partial charge in [-0.3, -0.25) is 0 Å². The van der Waals surface area contributed by atoms with Crippen molar-refractivity contribution in [2.24, 2.45) is 5.73 Å². The van der Waals surface area contributed by atoms with Crippen LogP contribution in [0.1, 0.15) is 24.1 Å². The molecule has 1 atom stereocenters. The van der Waals surface area contributed by atoms with Gasteiger partial charge in [0, 0.05) is 30.0 Å². The first-order valence-corrected chi connectivity index (χ1v) is 6.43. The molecule has 4 heteroatoms. The average Bonchev–Trinajstić information content (AvgIpc) is 2.81. The highest BCUT2D eigenvalue weighted by Crippen LogP contribution is 2.36. The lowest BCUT2D eigenvalue weighted by atomic mass is 10.1. The Morgan fingerprint density at radius 2 is 2.21 bits per heavy atom. The molecule has 1 aromatic heterocycles. The fraction of sp³-hybridized carbons (Fsp3) is 0.267. The highest BCUT2D eigenvalue weighted by atomic mass is 19.1.